The van der Waals surface area contributed by atoms with Gasteiger partial charge in [0.15, 0.2) is 5.65 Å². The molecule has 0 bridgehead atoms. The van der Waals surface area contributed by atoms with Gasteiger partial charge in [0.25, 0.3) is 0 Å². The van der Waals surface area contributed by atoms with Crippen LogP contribution in [0.3, 0.4) is 0 Å². The number of fused-ring (bicyclic) bond motifs is 1. The molecule has 0 aliphatic heterocycles. The summed E-state index contributed by atoms with van der Waals surface area (Å²) in [7, 11) is 0. The molecule has 2 aromatic rings. The highest BCUT2D eigenvalue weighted by atomic mass is 15.0. The van der Waals surface area contributed by atoms with Crippen molar-refractivity contribution in [2.75, 3.05) is 0 Å². The van der Waals surface area contributed by atoms with Crippen molar-refractivity contribution in [1.82, 2.24) is 19.9 Å². The smallest absolute Gasteiger partial charge is 0.160 e. The number of aromatic nitrogens is 4. The maximum atomic E-state index is 4.02. The van der Waals surface area contributed by atoms with Crippen LogP contribution in [-0.2, 0) is 0 Å². The van der Waals surface area contributed by atoms with Crippen molar-refractivity contribution in [3.8, 4) is 0 Å². The fourth-order valence-corrected chi connectivity index (χ4v) is 0.810. The van der Waals surface area contributed by atoms with Crippen LogP contribution in [0.1, 0.15) is 5.82 Å². The molecule has 4 heteroatoms. The summed E-state index contributed by atoms with van der Waals surface area (Å²) in [4.78, 5) is 14.6. The maximum Gasteiger partial charge on any atom is 0.160 e. The topological polar surface area (TPSA) is 54.5 Å². The Morgan fingerprint density at radius 2 is 2.40 bits per heavy atom. The van der Waals surface area contributed by atoms with Crippen molar-refractivity contribution in [1.29, 1.82) is 0 Å². The van der Waals surface area contributed by atoms with Crippen molar-refractivity contribution < 1.29 is 0 Å². The molecule has 4 nitrogen and oxygen atoms in total. The number of aromatic amines is 1. The van der Waals surface area contributed by atoms with Gasteiger partial charge in [-0.3, -0.25) is 0 Å². The Labute approximate surface area is 57.3 Å². The molecule has 2 rings (SSSR count). The lowest BCUT2D eigenvalue weighted by Gasteiger charge is -1.80. The summed E-state index contributed by atoms with van der Waals surface area (Å²) in [6, 6.07) is 0. The largest absolute Gasteiger partial charge is 0.327 e. The average Bonchev–Trinajstić information content (AvgIpc) is 2.27. The predicted octanol–water partition coefficient (Wildman–Crippen LogP) is 0.535. The normalized spacial score (nSPS) is 10.5. The summed E-state index contributed by atoms with van der Waals surface area (Å²) in [5.41, 5.74) is 1.49. The van der Waals surface area contributed by atoms with E-state index in [9.17, 15) is 0 Å². The summed E-state index contributed by atoms with van der Waals surface area (Å²) >= 11 is 0. The molecule has 2 heterocycles. The minimum atomic E-state index is 0.621. The van der Waals surface area contributed by atoms with Crippen LogP contribution in [0.5, 0.6) is 0 Å². The van der Waals surface area contributed by atoms with Gasteiger partial charge < -0.3 is 4.98 Å². The van der Waals surface area contributed by atoms with E-state index in [0.29, 0.717) is 5.82 Å². The minimum Gasteiger partial charge on any atom is -0.327 e. The van der Waals surface area contributed by atoms with E-state index >= 15 is 0 Å². The summed E-state index contributed by atoms with van der Waals surface area (Å²) in [5.74, 6) is 0.621. The van der Waals surface area contributed by atoms with Gasteiger partial charge >= 0.3 is 0 Å². The van der Waals surface area contributed by atoms with Gasteiger partial charge in [-0.2, -0.15) is 0 Å². The van der Waals surface area contributed by atoms with Crippen molar-refractivity contribution >= 4 is 11.2 Å². The molecule has 2 aromatic heterocycles. The highest BCUT2D eigenvalue weighted by Gasteiger charge is 1.96. The van der Waals surface area contributed by atoms with Crippen LogP contribution in [0.15, 0.2) is 12.5 Å². The van der Waals surface area contributed by atoms with Gasteiger partial charge in [0.1, 0.15) is 17.7 Å². The Morgan fingerprint density at radius 3 is 3.20 bits per heavy atom. The lowest BCUT2D eigenvalue weighted by atomic mass is 10.6. The zero-order valence-electron chi connectivity index (χ0n) is 5.20. The molecule has 0 aliphatic rings. The quantitative estimate of drug-likeness (QED) is 0.570. The van der Waals surface area contributed by atoms with Crippen LogP contribution in [0.25, 0.3) is 11.2 Å². The number of rotatable bonds is 0. The second-order valence-electron chi connectivity index (χ2n) is 1.94. The number of nitrogens with one attached hydrogen (secondary N) is 1. The first-order chi connectivity index (χ1) is 4.86. The number of hydrogen-bond donors (Lipinski definition) is 1. The van der Waals surface area contributed by atoms with Crippen LogP contribution < -0.4 is 0 Å². The van der Waals surface area contributed by atoms with Crippen molar-refractivity contribution in [2.24, 2.45) is 0 Å². The third-order valence-corrected chi connectivity index (χ3v) is 1.21. The van der Waals surface area contributed by atoms with Crippen molar-refractivity contribution in [3.63, 3.8) is 0 Å². The second kappa shape index (κ2) is 1.76. The monoisotopic (exact) mass is 133 g/mol. The zero-order chi connectivity index (χ0) is 6.97. The first-order valence-electron chi connectivity index (χ1n) is 2.84. The Hall–Kier alpha value is -1.45. The SMILES string of the molecule is [CH2]c1nc2cncnc2[nH]1. The lowest BCUT2D eigenvalue weighted by molar-refractivity contribution is 1.19. The van der Waals surface area contributed by atoms with Crippen LogP contribution in [0, 0.1) is 6.92 Å². The van der Waals surface area contributed by atoms with Crippen LogP contribution in [0.2, 0.25) is 0 Å². The third kappa shape index (κ3) is 0.655. The summed E-state index contributed by atoms with van der Waals surface area (Å²) < 4.78 is 0. The van der Waals surface area contributed by atoms with Crippen LogP contribution in [0.4, 0.5) is 0 Å². The molecule has 0 saturated carbocycles. The fourth-order valence-electron chi connectivity index (χ4n) is 0.810. The molecule has 0 spiro atoms. The lowest BCUT2D eigenvalue weighted by Crippen LogP contribution is -1.76. The number of hydrogen-bond acceptors (Lipinski definition) is 3. The molecule has 0 aliphatic carbocycles. The second-order valence-corrected chi connectivity index (χ2v) is 1.94. The van der Waals surface area contributed by atoms with Gasteiger partial charge in [0.05, 0.1) is 6.20 Å². The van der Waals surface area contributed by atoms with Crippen LogP contribution in [-0.4, -0.2) is 19.9 Å². The third-order valence-electron chi connectivity index (χ3n) is 1.21. The molecule has 0 atom stereocenters. The van der Waals surface area contributed by atoms with E-state index in [-0.39, 0.29) is 0 Å². The van der Waals surface area contributed by atoms with E-state index in [1.807, 2.05) is 0 Å². The molecule has 0 saturated heterocycles. The zero-order valence-corrected chi connectivity index (χ0v) is 5.20. The maximum absolute atomic E-state index is 4.02. The van der Waals surface area contributed by atoms with Crippen LogP contribution >= 0.6 is 0 Å². The first kappa shape index (κ1) is 5.34. The molecule has 49 valence electrons. The standard InChI is InChI=1S/C6H5N4/c1-4-9-5-2-7-3-8-6(5)10-4/h2-3H,1H2,(H,7,8,9,10). The molecule has 0 unspecified atom stereocenters. The van der Waals surface area contributed by atoms with Crippen molar-refractivity contribution in [3.05, 3.63) is 25.3 Å². The fraction of sp³-hybridized carbons (Fsp3) is 0. The van der Waals surface area contributed by atoms with Gasteiger partial charge in [0, 0.05) is 6.92 Å². The first-order valence-corrected chi connectivity index (χ1v) is 2.84. The van der Waals surface area contributed by atoms with E-state index in [4.69, 9.17) is 0 Å². The van der Waals surface area contributed by atoms with Gasteiger partial charge in [-0.1, -0.05) is 0 Å². The summed E-state index contributed by atoms with van der Waals surface area (Å²) in [5, 5.41) is 0. The summed E-state index contributed by atoms with van der Waals surface area (Å²) in [6.45, 7) is 3.62. The molecule has 0 aromatic carbocycles. The molecule has 10 heavy (non-hydrogen) atoms. The molecular weight excluding hydrogens is 128 g/mol. The highest BCUT2D eigenvalue weighted by Crippen LogP contribution is 2.03. The number of H-pyrrole nitrogens is 1. The number of imidazole rings is 1. The van der Waals surface area contributed by atoms with Gasteiger partial charge in [-0.25, -0.2) is 15.0 Å². The molecular formula is C6H5N4. The molecule has 1 N–H and O–H groups in total. The van der Waals surface area contributed by atoms with Gasteiger partial charge in [-0.05, 0) is 0 Å². The average molecular weight is 133 g/mol. The van der Waals surface area contributed by atoms with Gasteiger partial charge in [0.2, 0.25) is 0 Å². The number of nitrogens with zero attached hydrogens (tertiary/aromatic N) is 3. The Kier molecular flexibility index (Phi) is 0.943. The van der Waals surface area contributed by atoms with E-state index in [2.05, 4.69) is 26.9 Å². The van der Waals surface area contributed by atoms with E-state index in [0.717, 1.165) is 11.2 Å². The van der Waals surface area contributed by atoms with E-state index < -0.39 is 0 Å². The minimum absolute atomic E-state index is 0.621. The summed E-state index contributed by atoms with van der Waals surface area (Å²) in [6.07, 6.45) is 3.12. The molecule has 0 amide bonds. The molecule has 1 radical (unpaired) electrons. The predicted molar refractivity (Wildman–Crippen MR) is 36.1 cm³/mol. The van der Waals surface area contributed by atoms with Crippen molar-refractivity contribution in [2.45, 2.75) is 0 Å². The molecule has 0 fully saturated rings. The van der Waals surface area contributed by atoms with E-state index in [1.165, 1.54) is 6.33 Å². The Morgan fingerprint density at radius 1 is 1.50 bits per heavy atom. The van der Waals surface area contributed by atoms with Gasteiger partial charge in [-0.15, -0.1) is 0 Å². The highest BCUT2D eigenvalue weighted by molar-refractivity contribution is 5.68. The van der Waals surface area contributed by atoms with E-state index in [1.54, 1.807) is 6.20 Å². The Bertz CT molecular complexity index is 318. The Balaban J connectivity index is 2.88.